The van der Waals surface area contributed by atoms with E-state index >= 15 is 0 Å². The van der Waals surface area contributed by atoms with Gasteiger partial charge in [-0.2, -0.15) is 4.37 Å². The van der Waals surface area contributed by atoms with E-state index < -0.39 is 0 Å². The molecule has 2 atom stereocenters. The summed E-state index contributed by atoms with van der Waals surface area (Å²) in [5, 5.41) is 0.978. The highest BCUT2D eigenvalue weighted by Gasteiger charge is 2.30. The zero-order valence-electron chi connectivity index (χ0n) is 13.2. The predicted octanol–water partition coefficient (Wildman–Crippen LogP) is 1.40. The summed E-state index contributed by atoms with van der Waals surface area (Å²) in [6.45, 7) is 5.34. The molecule has 1 amide bonds. The molecule has 0 spiro atoms. The van der Waals surface area contributed by atoms with Crippen molar-refractivity contribution in [2.75, 3.05) is 31.1 Å². The summed E-state index contributed by atoms with van der Waals surface area (Å²) in [5.41, 5.74) is 6.03. The normalized spacial score (nSPS) is 26.8. The van der Waals surface area contributed by atoms with Gasteiger partial charge in [-0.3, -0.25) is 4.79 Å². The predicted molar refractivity (Wildman–Crippen MR) is 88.0 cm³/mol. The summed E-state index contributed by atoms with van der Waals surface area (Å²) in [4.78, 5) is 21.5. The summed E-state index contributed by atoms with van der Waals surface area (Å²) in [6.07, 6.45) is 5.00. The van der Waals surface area contributed by atoms with Gasteiger partial charge < -0.3 is 15.5 Å². The van der Waals surface area contributed by atoms with Gasteiger partial charge in [0.2, 0.25) is 11.0 Å². The number of carbonyl (C=O) groups is 1. The maximum Gasteiger partial charge on any atom is 0.225 e. The Morgan fingerprint density at radius 1 is 1.23 bits per heavy atom. The summed E-state index contributed by atoms with van der Waals surface area (Å²) in [5.74, 6) is 1.28. The van der Waals surface area contributed by atoms with Gasteiger partial charge in [0.05, 0.1) is 0 Å². The van der Waals surface area contributed by atoms with Crippen molar-refractivity contribution in [3.63, 3.8) is 0 Å². The largest absolute Gasteiger partial charge is 0.345 e. The van der Waals surface area contributed by atoms with Gasteiger partial charge in [-0.15, -0.1) is 0 Å². The SMILES string of the molecule is Cc1nsc(N2CCCN(C(=O)C3CCCC(N)C3)CC2)n1. The number of aromatic nitrogens is 2. The van der Waals surface area contributed by atoms with Crippen molar-refractivity contribution in [1.29, 1.82) is 0 Å². The summed E-state index contributed by atoms with van der Waals surface area (Å²) < 4.78 is 4.25. The number of nitrogens with two attached hydrogens (primary N) is 1. The molecule has 1 saturated heterocycles. The fraction of sp³-hybridized carbons (Fsp3) is 0.800. The molecule has 6 nitrogen and oxygen atoms in total. The molecule has 2 heterocycles. The molecule has 1 aliphatic heterocycles. The van der Waals surface area contributed by atoms with E-state index in [4.69, 9.17) is 5.73 Å². The van der Waals surface area contributed by atoms with Gasteiger partial charge in [-0.1, -0.05) is 6.42 Å². The van der Waals surface area contributed by atoms with Crippen LogP contribution >= 0.6 is 11.5 Å². The lowest BCUT2D eigenvalue weighted by molar-refractivity contribution is -0.136. The Bertz CT molecular complexity index is 520. The molecular formula is C15H25N5OS. The quantitative estimate of drug-likeness (QED) is 0.890. The Labute approximate surface area is 135 Å². The number of hydrogen-bond acceptors (Lipinski definition) is 6. The van der Waals surface area contributed by atoms with Crippen molar-refractivity contribution >= 4 is 22.6 Å². The van der Waals surface area contributed by atoms with Gasteiger partial charge >= 0.3 is 0 Å². The van der Waals surface area contributed by atoms with Gasteiger partial charge in [-0.25, -0.2) is 4.98 Å². The number of hydrogen-bond donors (Lipinski definition) is 1. The van der Waals surface area contributed by atoms with Gasteiger partial charge in [0.1, 0.15) is 5.82 Å². The zero-order valence-corrected chi connectivity index (χ0v) is 14.0. The Morgan fingerprint density at radius 3 is 2.82 bits per heavy atom. The third kappa shape index (κ3) is 3.57. The third-order valence-electron chi connectivity index (χ3n) is 4.66. The van der Waals surface area contributed by atoms with E-state index in [0.29, 0.717) is 5.91 Å². The van der Waals surface area contributed by atoms with E-state index in [1.807, 2.05) is 11.8 Å². The lowest BCUT2D eigenvalue weighted by atomic mass is 9.85. The van der Waals surface area contributed by atoms with Crippen LogP contribution in [0.5, 0.6) is 0 Å². The highest BCUT2D eigenvalue weighted by molar-refractivity contribution is 7.09. The van der Waals surface area contributed by atoms with E-state index in [2.05, 4.69) is 14.3 Å². The van der Waals surface area contributed by atoms with Crippen LogP contribution < -0.4 is 10.6 Å². The first-order chi connectivity index (χ1) is 10.6. The highest BCUT2D eigenvalue weighted by atomic mass is 32.1. The average Bonchev–Trinajstić information content (AvgIpc) is 2.80. The number of carbonyl (C=O) groups excluding carboxylic acids is 1. The van der Waals surface area contributed by atoms with Crippen molar-refractivity contribution in [2.45, 2.75) is 45.1 Å². The second-order valence-electron chi connectivity index (χ2n) is 6.41. The zero-order chi connectivity index (χ0) is 15.5. The molecule has 3 rings (SSSR count). The van der Waals surface area contributed by atoms with Gasteiger partial charge in [-0.05, 0) is 32.6 Å². The first-order valence-corrected chi connectivity index (χ1v) is 9.00. The molecule has 0 bridgehead atoms. The minimum Gasteiger partial charge on any atom is -0.345 e. The lowest BCUT2D eigenvalue weighted by Crippen LogP contribution is -2.42. The van der Waals surface area contributed by atoms with E-state index in [-0.39, 0.29) is 12.0 Å². The molecule has 1 aliphatic carbocycles. The van der Waals surface area contributed by atoms with Crippen molar-refractivity contribution in [1.82, 2.24) is 14.3 Å². The van der Waals surface area contributed by atoms with Gasteiger partial charge in [0.15, 0.2) is 0 Å². The van der Waals surface area contributed by atoms with E-state index in [1.165, 1.54) is 11.5 Å². The molecule has 2 unspecified atom stereocenters. The van der Waals surface area contributed by atoms with Gasteiger partial charge in [0.25, 0.3) is 0 Å². The Morgan fingerprint density at radius 2 is 2.09 bits per heavy atom. The van der Waals surface area contributed by atoms with Crippen molar-refractivity contribution < 1.29 is 4.79 Å². The molecule has 2 fully saturated rings. The van der Waals surface area contributed by atoms with Crippen LogP contribution in [0.25, 0.3) is 0 Å². The monoisotopic (exact) mass is 323 g/mol. The first-order valence-electron chi connectivity index (χ1n) is 8.23. The molecule has 2 aliphatic rings. The van der Waals surface area contributed by atoms with Crippen LogP contribution in [0, 0.1) is 12.8 Å². The molecule has 22 heavy (non-hydrogen) atoms. The maximum absolute atomic E-state index is 12.7. The van der Waals surface area contributed by atoms with Crippen LogP contribution in [0.3, 0.4) is 0 Å². The number of anilines is 1. The number of aryl methyl sites for hydroxylation is 1. The van der Waals surface area contributed by atoms with Crippen LogP contribution in [0.15, 0.2) is 0 Å². The average molecular weight is 323 g/mol. The van der Waals surface area contributed by atoms with E-state index in [9.17, 15) is 4.79 Å². The fourth-order valence-corrected chi connectivity index (χ4v) is 4.18. The fourth-order valence-electron chi connectivity index (χ4n) is 3.45. The smallest absolute Gasteiger partial charge is 0.225 e. The van der Waals surface area contributed by atoms with E-state index in [1.54, 1.807) is 0 Å². The van der Waals surface area contributed by atoms with Crippen LogP contribution in [0.2, 0.25) is 0 Å². The van der Waals surface area contributed by atoms with E-state index in [0.717, 1.165) is 69.2 Å². The van der Waals surface area contributed by atoms with Crippen molar-refractivity contribution in [3.8, 4) is 0 Å². The number of amides is 1. The molecule has 0 radical (unpaired) electrons. The Kier molecular flexibility index (Phi) is 4.93. The molecule has 1 aromatic rings. The summed E-state index contributed by atoms with van der Waals surface area (Å²) in [7, 11) is 0. The topological polar surface area (TPSA) is 75.4 Å². The molecule has 0 aromatic carbocycles. The lowest BCUT2D eigenvalue weighted by Gasteiger charge is -2.30. The number of rotatable bonds is 2. The second kappa shape index (κ2) is 6.91. The van der Waals surface area contributed by atoms with Crippen molar-refractivity contribution in [3.05, 3.63) is 5.82 Å². The van der Waals surface area contributed by atoms with Crippen LogP contribution in [-0.4, -0.2) is 52.4 Å². The van der Waals surface area contributed by atoms with Crippen LogP contribution in [0.4, 0.5) is 5.13 Å². The molecular weight excluding hydrogens is 298 g/mol. The molecule has 1 aromatic heterocycles. The third-order valence-corrected chi connectivity index (χ3v) is 5.53. The molecule has 2 N–H and O–H groups in total. The molecule has 122 valence electrons. The maximum atomic E-state index is 12.7. The Balaban J connectivity index is 1.59. The second-order valence-corrected chi connectivity index (χ2v) is 7.14. The number of nitrogens with zero attached hydrogens (tertiary/aromatic N) is 4. The highest BCUT2D eigenvalue weighted by Crippen LogP contribution is 2.26. The summed E-state index contributed by atoms with van der Waals surface area (Å²) >= 11 is 1.45. The first kappa shape index (κ1) is 15.7. The Hall–Kier alpha value is -1.21. The molecule has 7 heteroatoms. The van der Waals surface area contributed by atoms with Crippen LogP contribution in [0.1, 0.15) is 37.9 Å². The van der Waals surface area contributed by atoms with Crippen molar-refractivity contribution in [2.24, 2.45) is 11.7 Å². The van der Waals surface area contributed by atoms with Crippen LogP contribution in [-0.2, 0) is 4.79 Å². The summed E-state index contributed by atoms with van der Waals surface area (Å²) in [6, 6.07) is 0.204. The standard InChI is InChI=1S/C15H25N5OS/c1-11-17-15(22-18-11)20-7-3-6-19(8-9-20)14(21)12-4-2-5-13(16)10-12/h12-13H,2-10,16H2,1H3. The molecule has 1 saturated carbocycles. The minimum absolute atomic E-state index is 0.138. The minimum atomic E-state index is 0.138. The van der Waals surface area contributed by atoms with Gasteiger partial charge in [0, 0.05) is 49.7 Å².